The molecule has 0 saturated carbocycles. The van der Waals surface area contributed by atoms with E-state index in [1.807, 2.05) is 30.3 Å². The van der Waals surface area contributed by atoms with Gasteiger partial charge in [0, 0.05) is 28.6 Å². The molecular formula is C27H18ClN3O3. The van der Waals surface area contributed by atoms with Crippen molar-refractivity contribution in [3.05, 3.63) is 118 Å². The highest BCUT2D eigenvalue weighted by Gasteiger charge is 2.30. The number of ketones is 2. The number of Topliss-reactive ketones (excluding diaryl/α,β-unsaturated/α-hetero) is 2. The summed E-state index contributed by atoms with van der Waals surface area (Å²) in [6, 6.07) is 23.1. The van der Waals surface area contributed by atoms with Crippen LogP contribution in [0.2, 0.25) is 0 Å². The summed E-state index contributed by atoms with van der Waals surface area (Å²) < 4.78 is 0. The van der Waals surface area contributed by atoms with Crippen LogP contribution in [0, 0.1) is 0 Å². The average molecular weight is 468 g/mol. The molecule has 3 aromatic carbocycles. The summed E-state index contributed by atoms with van der Waals surface area (Å²) in [5.74, 6) is -0.957. The Bertz CT molecular complexity index is 1490. The van der Waals surface area contributed by atoms with Crippen molar-refractivity contribution < 1.29 is 14.4 Å². The molecule has 1 aromatic heterocycles. The highest BCUT2D eigenvalue weighted by atomic mass is 35.5. The van der Waals surface area contributed by atoms with Crippen LogP contribution in [0.3, 0.4) is 0 Å². The second-order valence-corrected chi connectivity index (χ2v) is 8.19. The predicted octanol–water partition coefficient (Wildman–Crippen LogP) is 5.11. The first kappa shape index (κ1) is 21.6. The van der Waals surface area contributed by atoms with Gasteiger partial charge in [0.1, 0.15) is 10.7 Å². The molecule has 166 valence electrons. The fourth-order valence-electron chi connectivity index (χ4n) is 3.81. The smallest absolute Gasteiger partial charge is 0.255 e. The average Bonchev–Trinajstić information content (AvgIpc) is 2.87. The van der Waals surface area contributed by atoms with Crippen LogP contribution in [0.4, 0.5) is 5.69 Å². The third-order valence-electron chi connectivity index (χ3n) is 5.60. The number of pyridine rings is 1. The number of para-hydroxylation sites is 1. The number of hydrogen-bond acceptors (Lipinski definition) is 5. The van der Waals surface area contributed by atoms with Crippen molar-refractivity contribution in [1.29, 1.82) is 0 Å². The number of benzene rings is 3. The molecule has 7 heteroatoms. The van der Waals surface area contributed by atoms with E-state index in [1.54, 1.807) is 54.7 Å². The maximum absolute atomic E-state index is 12.8. The summed E-state index contributed by atoms with van der Waals surface area (Å²) >= 11 is 6.19. The Morgan fingerprint density at radius 3 is 2.29 bits per heavy atom. The molecule has 0 radical (unpaired) electrons. The number of halogens is 1. The van der Waals surface area contributed by atoms with Crippen LogP contribution in [0.25, 0.3) is 10.9 Å². The Hall–Kier alpha value is -4.29. The largest absolute Gasteiger partial charge is 0.376 e. The van der Waals surface area contributed by atoms with Crippen molar-refractivity contribution in [2.24, 2.45) is 0 Å². The Morgan fingerprint density at radius 1 is 0.853 bits per heavy atom. The first-order chi connectivity index (χ1) is 16.5. The number of aromatic nitrogens is 1. The van der Waals surface area contributed by atoms with Gasteiger partial charge in [0.05, 0.1) is 17.4 Å². The summed E-state index contributed by atoms with van der Waals surface area (Å²) in [5.41, 5.74) is 3.48. The number of nitrogens with zero attached hydrogens (tertiary/aromatic N) is 1. The Labute approximate surface area is 200 Å². The first-order valence-corrected chi connectivity index (χ1v) is 11.0. The molecule has 2 N–H and O–H groups in total. The van der Waals surface area contributed by atoms with Crippen LogP contribution in [-0.4, -0.2) is 22.5 Å². The van der Waals surface area contributed by atoms with Gasteiger partial charge in [0.15, 0.2) is 0 Å². The molecule has 0 saturated heterocycles. The van der Waals surface area contributed by atoms with Gasteiger partial charge in [-0.05, 0) is 29.8 Å². The number of amides is 1. The maximum Gasteiger partial charge on any atom is 0.255 e. The number of carbonyl (C=O) groups is 3. The monoisotopic (exact) mass is 467 g/mol. The molecule has 0 aliphatic heterocycles. The second kappa shape index (κ2) is 8.92. The van der Waals surface area contributed by atoms with E-state index < -0.39 is 0 Å². The second-order valence-electron chi connectivity index (χ2n) is 7.81. The topological polar surface area (TPSA) is 88.2 Å². The molecule has 0 bridgehead atoms. The molecule has 5 rings (SSSR count). The molecule has 1 amide bonds. The zero-order valence-electron chi connectivity index (χ0n) is 17.8. The van der Waals surface area contributed by atoms with Crippen molar-refractivity contribution >= 4 is 45.7 Å². The highest BCUT2D eigenvalue weighted by molar-refractivity contribution is 6.49. The molecule has 1 heterocycles. The van der Waals surface area contributed by atoms with Gasteiger partial charge in [0.25, 0.3) is 5.91 Å². The molecule has 6 nitrogen and oxygen atoms in total. The first-order valence-electron chi connectivity index (χ1n) is 10.6. The van der Waals surface area contributed by atoms with E-state index in [0.29, 0.717) is 22.4 Å². The SMILES string of the molecule is O=C(Nc1cnc2ccccc2c1)c1ccc(CNC2=C(Cl)C(=O)c3ccccc3C2=O)cc1. The summed E-state index contributed by atoms with van der Waals surface area (Å²) in [5, 5.41) is 6.65. The standard InChI is InChI=1S/C27H18ClN3O3/c28-23-24(26(33)21-7-3-2-6-20(21)25(23)32)30-14-16-9-11-17(12-10-16)27(34)31-19-13-18-5-1-4-8-22(18)29-15-19/h1-13,15,30H,14H2,(H,31,34). The van der Waals surface area contributed by atoms with Crippen LogP contribution in [-0.2, 0) is 6.54 Å². The van der Waals surface area contributed by atoms with Crippen molar-refractivity contribution in [3.63, 3.8) is 0 Å². The number of nitrogens with one attached hydrogen (secondary N) is 2. The van der Waals surface area contributed by atoms with E-state index >= 15 is 0 Å². The quantitative estimate of drug-likeness (QED) is 0.426. The molecule has 4 aromatic rings. The molecule has 0 fully saturated rings. The molecule has 0 atom stereocenters. The number of hydrogen-bond donors (Lipinski definition) is 2. The van der Waals surface area contributed by atoms with E-state index in [-0.39, 0.29) is 34.7 Å². The Kier molecular flexibility index (Phi) is 5.65. The minimum absolute atomic E-state index is 0.0796. The lowest BCUT2D eigenvalue weighted by molar-refractivity contribution is 0.0974. The van der Waals surface area contributed by atoms with E-state index in [0.717, 1.165) is 16.5 Å². The van der Waals surface area contributed by atoms with Gasteiger partial charge in [-0.15, -0.1) is 0 Å². The minimum atomic E-state index is -0.380. The van der Waals surface area contributed by atoms with Crippen molar-refractivity contribution in [2.45, 2.75) is 6.54 Å². The van der Waals surface area contributed by atoms with Gasteiger partial charge in [-0.3, -0.25) is 19.4 Å². The lowest BCUT2D eigenvalue weighted by atomic mass is 9.92. The summed E-state index contributed by atoms with van der Waals surface area (Å²) in [6.07, 6.45) is 1.62. The molecular weight excluding hydrogens is 450 g/mol. The Balaban J connectivity index is 1.26. The van der Waals surface area contributed by atoms with Crippen LogP contribution in [0.15, 0.2) is 95.8 Å². The van der Waals surface area contributed by atoms with E-state index in [9.17, 15) is 14.4 Å². The third kappa shape index (κ3) is 4.07. The lowest BCUT2D eigenvalue weighted by Gasteiger charge is -2.19. The fraction of sp³-hybridized carbons (Fsp3) is 0.0370. The molecule has 0 unspecified atom stereocenters. The number of carbonyl (C=O) groups excluding carboxylic acids is 3. The molecule has 0 spiro atoms. The summed E-state index contributed by atoms with van der Waals surface area (Å²) in [4.78, 5) is 42.3. The van der Waals surface area contributed by atoms with Crippen molar-refractivity contribution in [2.75, 3.05) is 5.32 Å². The van der Waals surface area contributed by atoms with Crippen LogP contribution < -0.4 is 10.6 Å². The molecule has 34 heavy (non-hydrogen) atoms. The fourth-order valence-corrected chi connectivity index (χ4v) is 4.06. The van der Waals surface area contributed by atoms with Crippen LogP contribution in [0.5, 0.6) is 0 Å². The summed E-state index contributed by atoms with van der Waals surface area (Å²) in [6.45, 7) is 0.267. The third-order valence-corrected chi connectivity index (χ3v) is 5.96. The normalized spacial score (nSPS) is 13.1. The van der Waals surface area contributed by atoms with Crippen LogP contribution >= 0.6 is 11.6 Å². The van der Waals surface area contributed by atoms with Gasteiger partial charge in [-0.2, -0.15) is 0 Å². The highest BCUT2D eigenvalue weighted by Crippen LogP contribution is 2.27. The lowest BCUT2D eigenvalue weighted by Crippen LogP contribution is -2.28. The zero-order chi connectivity index (χ0) is 23.7. The maximum atomic E-state index is 12.8. The van der Waals surface area contributed by atoms with Gasteiger partial charge in [-0.1, -0.05) is 66.2 Å². The van der Waals surface area contributed by atoms with E-state index in [4.69, 9.17) is 11.6 Å². The van der Waals surface area contributed by atoms with Crippen molar-refractivity contribution in [1.82, 2.24) is 10.3 Å². The Morgan fingerprint density at radius 2 is 1.53 bits per heavy atom. The number of anilines is 1. The minimum Gasteiger partial charge on any atom is -0.376 e. The predicted molar refractivity (Wildman–Crippen MR) is 131 cm³/mol. The van der Waals surface area contributed by atoms with Crippen LogP contribution in [0.1, 0.15) is 36.6 Å². The molecule has 1 aliphatic rings. The van der Waals surface area contributed by atoms with Gasteiger partial charge in [-0.25, -0.2) is 0 Å². The number of rotatable bonds is 5. The van der Waals surface area contributed by atoms with E-state index in [1.165, 1.54) is 0 Å². The summed E-state index contributed by atoms with van der Waals surface area (Å²) in [7, 11) is 0. The van der Waals surface area contributed by atoms with Crippen molar-refractivity contribution in [3.8, 4) is 0 Å². The van der Waals surface area contributed by atoms with Gasteiger partial charge < -0.3 is 10.6 Å². The van der Waals surface area contributed by atoms with Gasteiger partial charge >= 0.3 is 0 Å². The zero-order valence-corrected chi connectivity index (χ0v) is 18.6. The number of allylic oxidation sites excluding steroid dienone is 2. The number of fused-ring (bicyclic) bond motifs is 2. The molecule has 1 aliphatic carbocycles. The van der Waals surface area contributed by atoms with Gasteiger partial charge in [0.2, 0.25) is 11.6 Å². The van der Waals surface area contributed by atoms with E-state index in [2.05, 4.69) is 15.6 Å².